The maximum Gasteiger partial charge on any atom is 0.0965 e. The Bertz CT molecular complexity index is 208. The lowest BCUT2D eigenvalue weighted by atomic mass is 9.95. The van der Waals surface area contributed by atoms with E-state index < -0.39 is 0 Å². The smallest absolute Gasteiger partial charge is 0.0965 e. The molecule has 0 N–H and O–H groups in total. The Hall–Kier alpha value is -0.330. The van der Waals surface area contributed by atoms with Gasteiger partial charge in [0.25, 0.3) is 0 Å². The molecule has 0 aromatic heterocycles. The van der Waals surface area contributed by atoms with Crippen molar-refractivity contribution < 1.29 is 4.39 Å². The zero-order valence-corrected chi connectivity index (χ0v) is 13.0. The summed E-state index contributed by atoms with van der Waals surface area (Å²) < 4.78 is 13.9. The molecule has 108 valence electrons. The van der Waals surface area contributed by atoms with Crippen LogP contribution in [0.2, 0.25) is 0 Å². The summed E-state index contributed by atoms with van der Waals surface area (Å²) >= 11 is 0. The first-order chi connectivity index (χ1) is 8.63. The van der Waals surface area contributed by atoms with Crippen molar-refractivity contribution >= 4 is 0 Å². The van der Waals surface area contributed by atoms with Gasteiger partial charge in [0.2, 0.25) is 0 Å². The van der Waals surface area contributed by atoms with E-state index in [9.17, 15) is 4.39 Å². The number of hydrogen-bond acceptors (Lipinski definition) is 0. The van der Waals surface area contributed by atoms with Gasteiger partial charge >= 0.3 is 0 Å². The van der Waals surface area contributed by atoms with Crippen LogP contribution in [-0.2, 0) is 0 Å². The molecule has 2 atom stereocenters. The van der Waals surface area contributed by atoms with Gasteiger partial charge in [0.1, 0.15) is 0 Å². The second-order valence-corrected chi connectivity index (χ2v) is 5.73. The topological polar surface area (TPSA) is 0 Å². The quantitative estimate of drug-likeness (QED) is 0.362. The molecule has 18 heavy (non-hydrogen) atoms. The standard InChI is InChI=1S/C17H33F/c1-5-8-10-12-16(7-3)14-17(18)13-15(4)11-9-6-2/h14-16H,5-13H2,1-4H3/b17-14-. The van der Waals surface area contributed by atoms with Crippen LogP contribution in [0.25, 0.3) is 0 Å². The molecule has 0 aromatic carbocycles. The zero-order chi connectivity index (χ0) is 13.8. The van der Waals surface area contributed by atoms with Crippen LogP contribution in [-0.4, -0.2) is 0 Å². The molecule has 0 saturated heterocycles. The molecule has 1 heteroatoms. The van der Waals surface area contributed by atoms with E-state index in [1.165, 1.54) is 32.1 Å². The van der Waals surface area contributed by atoms with Crippen molar-refractivity contribution in [2.75, 3.05) is 0 Å². The van der Waals surface area contributed by atoms with Crippen LogP contribution in [0.4, 0.5) is 4.39 Å². The minimum atomic E-state index is 0.127. The summed E-state index contributed by atoms with van der Waals surface area (Å²) in [6, 6.07) is 0. The van der Waals surface area contributed by atoms with E-state index >= 15 is 0 Å². The van der Waals surface area contributed by atoms with Gasteiger partial charge in [-0.1, -0.05) is 66.2 Å². The fourth-order valence-electron chi connectivity index (χ4n) is 2.37. The molecule has 0 aliphatic carbocycles. The maximum atomic E-state index is 13.9. The van der Waals surface area contributed by atoms with Gasteiger partial charge in [0.15, 0.2) is 0 Å². The van der Waals surface area contributed by atoms with Crippen LogP contribution < -0.4 is 0 Å². The Balaban J connectivity index is 4.01. The van der Waals surface area contributed by atoms with Crippen LogP contribution in [0.3, 0.4) is 0 Å². The van der Waals surface area contributed by atoms with Gasteiger partial charge in [-0.25, -0.2) is 4.39 Å². The van der Waals surface area contributed by atoms with Crippen molar-refractivity contribution in [3.63, 3.8) is 0 Å². The summed E-state index contributed by atoms with van der Waals surface area (Å²) in [5, 5.41) is 0. The summed E-state index contributed by atoms with van der Waals surface area (Å²) in [7, 11) is 0. The molecule has 0 nitrogen and oxygen atoms in total. The lowest BCUT2D eigenvalue weighted by molar-refractivity contribution is 0.436. The van der Waals surface area contributed by atoms with E-state index in [1.54, 1.807) is 0 Å². The minimum Gasteiger partial charge on any atom is -0.212 e. The second-order valence-electron chi connectivity index (χ2n) is 5.73. The van der Waals surface area contributed by atoms with Crippen LogP contribution in [0, 0.1) is 11.8 Å². The van der Waals surface area contributed by atoms with Crippen LogP contribution >= 0.6 is 0 Å². The van der Waals surface area contributed by atoms with Gasteiger partial charge in [0.05, 0.1) is 5.83 Å². The fourth-order valence-corrected chi connectivity index (χ4v) is 2.37. The highest BCUT2D eigenvalue weighted by molar-refractivity contribution is 4.96. The largest absolute Gasteiger partial charge is 0.212 e. The number of rotatable bonds is 11. The average molecular weight is 256 g/mol. The number of unbranched alkanes of at least 4 members (excludes halogenated alkanes) is 3. The normalized spacial score (nSPS) is 15.7. The Labute approximate surface area is 114 Å². The molecule has 0 fully saturated rings. The molecule has 0 radical (unpaired) electrons. The van der Waals surface area contributed by atoms with Gasteiger partial charge in [-0.05, 0) is 30.8 Å². The van der Waals surface area contributed by atoms with Crippen molar-refractivity contribution in [2.45, 2.75) is 85.5 Å². The van der Waals surface area contributed by atoms with Crippen molar-refractivity contribution in [1.82, 2.24) is 0 Å². The lowest BCUT2D eigenvalue weighted by Gasteiger charge is -2.12. The van der Waals surface area contributed by atoms with Crippen molar-refractivity contribution in [3.8, 4) is 0 Å². The number of halogens is 1. The molecule has 0 bridgehead atoms. The average Bonchev–Trinajstić information content (AvgIpc) is 2.35. The van der Waals surface area contributed by atoms with Gasteiger partial charge in [-0.3, -0.25) is 0 Å². The van der Waals surface area contributed by atoms with Gasteiger partial charge in [-0.2, -0.15) is 0 Å². The highest BCUT2D eigenvalue weighted by Crippen LogP contribution is 2.23. The van der Waals surface area contributed by atoms with E-state index in [2.05, 4.69) is 27.7 Å². The highest BCUT2D eigenvalue weighted by Gasteiger charge is 2.08. The van der Waals surface area contributed by atoms with E-state index in [0.717, 1.165) is 19.3 Å². The van der Waals surface area contributed by atoms with E-state index in [0.29, 0.717) is 18.3 Å². The van der Waals surface area contributed by atoms with E-state index in [1.807, 2.05) is 6.08 Å². The Morgan fingerprint density at radius 1 is 1.00 bits per heavy atom. The van der Waals surface area contributed by atoms with Crippen LogP contribution in [0.5, 0.6) is 0 Å². The third kappa shape index (κ3) is 9.67. The summed E-state index contributed by atoms with van der Waals surface area (Å²) in [6.07, 6.45) is 12.1. The van der Waals surface area contributed by atoms with Gasteiger partial charge in [-0.15, -0.1) is 0 Å². The zero-order valence-electron chi connectivity index (χ0n) is 13.0. The molecule has 0 aliphatic rings. The van der Waals surface area contributed by atoms with E-state index in [-0.39, 0.29) is 5.83 Å². The first-order valence-electron chi connectivity index (χ1n) is 8.00. The SMILES string of the molecule is CCCCCC(/C=C(\F)CC(C)CCCC)CC. The minimum absolute atomic E-state index is 0.127. The Morgan fingerprint density at radius 2 is 1.67 bits per heavy atom. The number of hydrogen-bond donors (Lipinski definition) is 0. The molecule has 0 rings (SSSR count). The predicted molar refractivity (Wildman–Crippen MR) is 80.4 cm³/mol. The molecule has 2 unspecified atom stereocenters. The molecular formula is C17H33F. The predicted octanol–water partition coefficient (Wildman–Crippen LogP) is 6.66. The van der Waals surface area contributed by atoms with Crippen LogP contribution in [0.15, 0.2) is 11.9 Å². The molecule has 0 aliphatic heterocycles. The summed E-state index contributed by atoms with van der Waals surface area (Å²) in [5.41, 5.74) is 0. The van der Waals surface area contributed by atoms with Crippen molar-refractivity contribution in [2.24, 2.45) is 11.8 Å². The fraction of sp³-hybridized carbons (Fsp3) is 0.882. The molecule has 0 spiro atoms. The van der Waals surface area contributed by atoms with Gasteiger partial charge in [0, 0.05) is 6.42 Å². The third-order valence-corrected chi connectivity index (χ3v) is 3.71. The van der Waals surface area contributed by atoms with E-state index in [4.69, 9.17) is 0 Å². The lowest BCUT2D eigenvalue weighted by Crippen LogP contribution is -1.99. The second kappa shape index (κ2) is 11.7. The maximum absolute atomic E-state index is 13.9. The summed E-state index contributed by atoms with van der Waals surface area (Å²) in [4.78, 5) is 0. The van der Waals surface area contributed by atoms with Gasteiger partial charge < -0.3 is 0 Å². The molecule has 0 aromatic rings. The third-order valence-electron chi connectivity index (χ3n) is 3.71. The highest BCUT2D eigenvalue weighted by atomic mass is 19.1. The van der Waals surface area contributed by atoms with Crippen LogP contribution in [0.1, 0.15) is 85.5 Å². The Kier molecular flexibility index (Phi) is 11.5. The van der Waals surface area contributed by atoms with Crippen molar-refractivity contribution in [1.29, 1.82) is 0 Å². The summed E-state index contributed by atoms with van der Waals surface area (Å²) in [5.74, 6) is 1.08. The molecule has 0 saturated carbocycles. The first-order valence-corrected chi connectivity index (χ1v) is 8.00. The summed E-state index contributed by atoms with van der Waals surface area (Å²) in [6.45, 7) is 8.74. The van der Waals surface area contributed by atoms with Crippen molar-refractivity contribution in [3.05, 3.63) is 11.9 Å². The first kappa shape index (κ1) is 17.7. The monoisotopic (exact) mass is 256 g/mol. The molecular weight excluding hydrogens is 223 g/mol. The number of allylic oxidation sites excluding steroid dienone is 2. The molecule has 0 heterocycles. The molecule has 0 amide bonds. The Morgan fingerprint density at radius 3 is 2.22 bits per heavy atom.